The minimum atomic E-state index is -0.496. The normalized spacial score (nSPS) is 14.9. The monoisotopic (exact) mass is 388 g/mol. The van der Waals surface area contributed by atoms with Crippen LogP contribution in [-0.4, -0.2) is 39.1 Å². The van der Waals surface area contributed by atoms with Crippen LogP contribution in [-0.2, 0) is 17.8 Å². The first-order valence-corrected chi connectivity index (χ1v) is 10.5. The maximum absolute atomic E-state index is 13.1. The molecule has 0 saturated heterocycles. The lowest BCUT2D eigenvalue weighted by atomic mass is 10.1. The summed E-state index contributed by atoms with van der Waals surface area (Å²) in [6.07, 6.45) is 3.95. The van der Waals surface area contributed by atoms with Gasteiger partial charge < -0.3 is 10.2 Å². The van der Waals surface area contributed by atoms with Crippen molar-refractivity contribution in [2.75, 3.05) is 6.54 Å². The molecule has 0 fully saturated rings. The standard InChI is InChI=1S/C20H28N4O2S/c1-5-6-17(20(26)23-9-7-18-15(12-23)8-10-27-18)22-19(25)16-11-21-24(13(2)3)14(16)4/h8,10-11,13,17H,5-7,9,12H2,1-4H3,(H,22,25)/t17-/m0/s1. The summed E-state index contributed by atoms with van der Waals surface area (Å²) in [5.74, 6) is -0.213. The molecule has 1 aliphatic rings. The van der Waals surface area contributed by atoms with Gasteiger partial charge in [0.15, 0.2) is 0 Å². The van der Waals surface area contributed by atoms with E-state index in [1.807, 2.05) is 37.3 Å². The lowest BCUT2D eigenvalue weighted by Crippen LogP contribution is -2.49. The molecule has 0 saturated carbocycles. The lowest BCUT2D eigenvalue weighted by molar-refractivity contribution is -0.134. The van der Waals surface area contributed by atoms with E-state index >= 15 is 0 Å². The van der Waals surface area contributed by atoms with Gasteiger partial charge >= 0.3 is 0 Å². The molecule has 1 atom stereocenters. The van der Waals surface area contributed by atoms with E-state index in [1.54, 1.807) is 17.5 Å². The first-order valence-electron chi connectivity index (χ1n) is 9.61. The number of nitrogens with zero attached hydrogens (tertiary/aromatic N) is 3. The molecular weight excluding hydrogens is 360 g/mol. The van der Waals surface area contributed by atoms with Crippen LogP contribution in [0.5, 0.6) is 0 Å². The van der Waals surface area contributed by atoms with Crippen molar-refractivity contribution in [3.63, 3.8) is 0 Å². The Kier molecular flexibility index (Phi) is 5.99. The Bertz CT molecular complexity index is 824. The molecule has 1 N–H and O–H groups in total. The average Bonchev–Trinajstić information content (AvgIpc) is 3.26. The SMILES string of the molecule is CCC[C@H](NC(=O)c1cnn(C(C)C)c1C)C(=O)N1CCc2sccc2C1. The number of nitrogens with one attached hydrogen (secondary N) is 1. The number of hydrogen-bond donors (Lipinski definition) is 1. The van der Waals surface area contributed by atoms with Gasteiger partial charge in [0.25, 0.3) is 5.91 Å². The Hall–Kier alpha value is -2.15. The predicted octanol–water partition coefficient (Wildman–Crippen LogP) is 3.32. The van der Waals surface area contributed by atoms with Crippen LogP contribution in [0.15, 0.2) is 17.6 Å². The molecule has 0 unspecified atom stereocenters. The molecule has 1 aliphatic heterocycles. The zero-order valence-corrected chi connectivity index (χ0v) is 17.3. The number of thiophene rings is 1. The first-order chi connectivity index (χ1) is 12.9. The molecule has 3 heterocycles. The van der Waals surface area contributed by atoms with Gasteiger partial charge in [0.2, 0.25) is 5.91 Å². The summed E-state index contributed by atoms with van der Waals surface area (Å²) in [7, 11) is 0. The van der Waals surface area contributed by atoms with Gasteiger partial charge in [-0.3, -0.25) is 14.3 Å². The Morgan fingerprint density at radius 2 is 2.15 bits per heavy atom. The number of carbonyl (C=O) groups excluding carboxylic acids is 2. The summed E-state index contributed by atoms with van der Waals surface area (Å²) in [6, 6.07) is 1.79. The third-order valence-electron chi connectivity index (χ3n) is 5.08. The van der Waals surface area contributed by atoms with Gasteiger partial charge in [-0.2, -0.15) is 5.10 Å². The van der Waals surface area contributed by atoms with Crippen LogP contribution in [0.3, 0.4) is 0 Å². The molecule has 0 radical (unpaired) electrons. The van der Waals surface area contributed by atoms with Gasteiger partial charge in [0.05, 0.1) is 11.8 Å². The van der Waals surface area contributed by atoms with E-state index in [9.17, 15) is 9.59 Å². The van der Waals surface area contributed by atoms with Gasteiger partial charge in [-0.15, -0.1) is 11.3 Å². The quantitative estimate of drug-likeness (QED) is 0.825. The van der Waals surface area contributed by atoms with E-state index in [0.29, 0.717) is 25.1 Å². The van der Waals surface area contributed by atoms with Crippen molar-refractivity contribution in [1.82, 2.24) is 20.0 Å². The lowest BCUT2D eigenvalue weighted by Gasteiger charge is -2.30. The van der Waals surface area contributed by atoms with Gasteiger partial charge in [-0.1, -0.05) is 13.3 Å². The molecule has 0 aliphatic carbocycles. The number of aromatic nitrogens is 2. The highest BCUT2D eigenvalue weighted by Crippen LogP contribution is 2.24. The fraction of sp³-hybridized carbons (Fsp3) is 0.550. The van der Waals surface area contributed by atoms with Crippen molar-refractivity contribution in [3.8, 4) is 0 Å². The third-order valence-corrected chi connectivity index (χ3v) is 6.10. The fourth-order valence-electron chi connectivity index (χ4n) is 3.61. The minimum Gasteiger partial charge on any atom is -0.340 e. The summed E-state index contributed by atoms with van der Waals surface area (Å²) < 4.78 is 1.83. The molecule has 2 aromatic heterocycles. The average molecular weight is 389 g/mol. The predicted molar refractivity (Wildman–Crippen MR) is 107 cm³/mol. The number of carbonyl (C=O) groups is 2. The summed E-state index contributed by atoms with van der Waals surface area (Å²) >= 11 is 1.75. The van der Waals surface area contributed by atoms with Crippen LogP contribution in [0.1, 0.15) is 66.1 Å². The number of fused-ring (bicyclic) bond motifs is 1. The molecule has 2 aromatic rings. The van der Waals surface area contributed by atoms with Crippen molar-refractivity contribution < 1.29 is 9.59 Å². The molecule has 7 heteroatoms. The molecule has 2 amide bonds. The molecule has 3 rings (SSSR count). The summed E-state index contributed by atoms with van der Waals surface area (Å²) in [5.41, 5.74) is 2.60. The topological polar surface area (TPSA) is 67.2 Å². The highest BCUT2D eigenvalue weighted by Gasteiger charge is 2.29. The first kappa shape index (κ1) is 19.6. The maximum atomic E-state index is 13.1. The molecule has 0 aromatic carbocycles. The van der Waals surface area contributed by atoms with Gasteiger partial charge in [0, 0.05) is 29.7 Å². The molecule has 6 nitrogen and oxygen atoms in total. The summed E-state index contributed by atoms with van der Waals surface area (Å²) in [4.78, 5) is 29.1. The van der Waals surface area contributed by atoms with Crippen molar-refractivity contribution >= 4 is 23.2 Å². The Morgan fingerprint density at radius 1 is 1.37 bits per heavy atom. The Labute approximate surface area is 164 Å². The Morgan fingerprint density at radius 3 is 2.81 bits per heavy atom. The fourth-order valence-corrected chi connectivity index (χ4v) is 4.50. The van der Waals surface area contributed by atoms with Gasteiger partial charge in [-0.25, -0.2) is 0 Å². The summed E-state index contributed by atoms with van der Waals surface area (Å²) in [5, 5.41) is 9.35. The smallest absolute Gasteiger partial charge is 0.255 e. The maximum Gasteiger partial charge on any atom is 0.255 e. The second-order valence-electron chi connectivity index (χ2n) is 7.38. The molecule has 146 valence electrons. The number of hydrogen-bond acceptors (Lipinski definition) is 4. The zero-order valence-electron chi connectivity index (χ0n) is 16.5. The van der Waals surface area contributed by atoms with Gasteiger partial charge in [-0.05, 0) is 50.6 Å². The van der Waals surface area contributed by atoms with Crippen molar-refractivity contribution in [2.45, 2.75) is 65.6 Å². The molecular formula is C20H28N4O2S. The molecule has 0 spiro atoms. The van der Waals surface area contributed by atoms with Crippen molar-refractivity contribution in [2.24, 2.45) is 0 Å². The second kappa shape index (κ2) is 8.25. The van der Waals surface area contributed by atoms with E-state index in [1.165, 1.54) is 10.4 Å². The summed E-state index contributed by atoms with van der Waals surface area (Å²) in [6.45, 7) is 9.33. The largest absolute Gasteiger partial charge is 0.340 e. The number of amides is 2. The zero-order chi connectivity index (χ0) is 19.6. The van der Waals surface area contributed by atoms with E-state index in [0.717, 1.165) is 18.5 Å². The van der Waals surface area contributed by atoms with Crippen molar-refractivity contribution in [3.05, 3.63) is 39.3 Å². The third kappa shape index (κ3) is 4.08. The highest BCUT2D eigenvalue weighted by atomic mass is 32.1. The van der Waals surface area contributed by atoms with Crippen LogP contribution >= 0.6 is 11.3 Å². The molecule has 27 heavy (non-hydrogen) atoms. The van der Waals surface area contributed by atoms with Crippen LogP contribution in [0.25, 0.3) is 0 Å². The number of rotatable bonds is 6. The van der Waals surface area contributed by atoms with Crippen LogP contribution < -0.4 is 5.32 Å². The van der Waals surface area contributed by atoms with Crippen LogP contribution in [0.2, 0.25) is 0 Å². The highest BCUT2D eigenvalue weighted by molar-refractivity contribution is 7.10. The van der Waals surface area contributed by atoms with Crippen LogP contribution in [0.4, 0.5) is 0 Å². The Balaban J connectivity index is 1.72. The van der Waals surface area contributed by atoms with E-state index in [4.69, 9.17) is 0 Å². The van der Waals surface area contributed by atoms with Crippen molar-refractivity contribution in [1.29, 1.82) is 0 Å². The van der Waals surface area contributed by atoms with Crippen LogP contribution in [0, 0.1) is 6.92 Å². The van der Waals surface area contributed by atoms with E-state index in [-0.39, 0.29) is 17.9 Å². The van der Waals surface area contributed by atoms with E-state index < -0.39 is 6.04 Å². The minimum absolute atomic E-state index is 0.0101. The van der Waals surface area contributed by atoms with Gasteiger partial charge in [0.1, 0.15) is 6.04 Å². The second-order valence-corrected chi connectivity index (χ2v) is 8.38. The molecule has 0 bridgehead atoms. The van der Waals surface area contributed by atoms with E-state index in [2.05, 4.69) is 21.9 Å².